The highest BCUT2D eigenvalue weighted by molar-refractivity contribution is 5.67. The number of piperidine rings is 1. The maximum atomic E-state index is 11.8. The lowest BCUT2D eigenvalue weighted by Gasteiger charge is -2.31. The summed E-state index contributed by atoms with van der Waals surface area (Å²) in [5, 5.41) is 6.78. The number of aryl methyl sites for hydroxylation is 1. The van der Waals surface area contributed by atoms with Gasteiger partial charge in [0, 0.05) is 37.4 Å². The van der Waals surface area contributed by atoms with Crippen LogP contribution in [0.15, 0.2) is 6.07 Å². The van der Waals surface area contributed by atoms with Gasteiger partial charge in [-0.1, -0.05) is 0 Å². The third-order valence-electron chi connectivity index (χ3n) is 4.29. The molecule has 1 fully saturated rings. The summed E-state index contributed by atoms with van der Waals surface area (Å²) < 4.78 is 5.06. The Kier molecular flexibility index (Phi) is 7.90. The molecule has 1 aliphatic rings. The molecule has 1 amide bonds. The molecule has 0 unspecified atom stereocenters. The van der Waals surface area contributed by atoms with Crippen molar-refractivity contribution >= 4 is 17.9 Å². The third kappa shape index (κ3) is 6.67. The van der Waals surface area contributed by atoms with Gasteiger partial charge in [0.25, 0.3) is 0 Å². The van der Waals surface area contributed by atoms with Crippen LogP contribution in [0, 0.1) is 6.92 Å². The van der Waals surface area contributed by atoms with E-state index in [0.717, 1.165) is 43.9 Å². The molecule has 0 aromatic carbocycles. The number of carbonyl (C=O) groups excluding carboxylic acids is 1. The Bertz CT molecular complexity index is 573. The van der Waals surface area contributed by atoms with Crippen LogP contribution in [0.1, 0.15) is 31.9 Å². The van der Waals surface area contributed by atoms with Crippen molar-refractivity contribution in [1.82, 2.24) is 19.8 Å². The van der Waals surface area contributed by atoms with Gasteiger partial charge in [0.15, 0.2) is 0 Å². The van der Waals surface area contributed by atoms with Crippen molar-refractivity contribution in [1.29, 1.82) is 0 Å². The summed E-state index contributed by atoms with van der Waals surface area (Å²) in [5.41, 5.74) is 0.932. The van der Waals surface area contributed by atoms with E-state index in [1.54, 1.807) is 4.90 Å². The lowest BCUT2D eigenvalue weighted by molar-refractivity contribution is 0.0983. The number of likely N-dealkylation sites (tertiary alicyclic amines) is 1. The van der Waals surface area contributed by atoms with Gasteiger partial charge in [-0.15, -0.1) is 0 Å². The fourth-order valence-corrected chi connectivity index (χ4v) is 2.95. The Balaban J connectivity index is 1.83. The second kappa shape index (κ2) is 10.2. The summed E-state index contributed by atoms with van der Waals surface area (Å²) in [6, 6.07) is 2.26. The van der Waals surface area contributed by atoms with E-state index < -0.39 is 0 Å². The zero-order chi connectivity index (χ0) is 18.9. The maximum Gasteiger partial charge on any atom is 0.409 e. The molecule has 1 aromatic rings. The summed E-state index contributed by atoms with van der Waals surface area (Å²) in [5.74, 6) is 1.50. The number of hydrogen-bond donors (Lipinski definition) is 2. The van der Waals surface area contributed by atoms with E-state index in [9.17, 15) is 4.79 Å². The first-order valence-corrected chi connectivity index (χ1v) is 9.40. The molecule has 0 atom stereocenters. The van der Waals surface area contributed by atoms with Crippen LogP contribution in [0.25, 0.3) is 0 Å². The number of nitrogens with zero attached hydrogens (tertiary/aromatic N) is 4. The van der Waals surface area contributed by atoms with Crippen LogP contribution in [0.2, 0.25) is 0 Å². The summed E-state index contributed by atoms with van der Waals surface area (Å²) >= 11 is 0. The predicted molar refractivity (Wildman–Crippen MR) is 104 cm³/mol. The number of rotatable bonds is 8. The number of carbonyl (C=O) groups is 1. The summed E-state index contributed by atoms with van der Waals surface area (Å²) in [4.78, 5) is 24.7. The van der Waals surface area contributed by atoms with Gasteiger partial charge in [-0.2, -0.15) is 4.98 Å². The third-order valence-corrected chi connectivity index (χ3v) is 4.29. The van der Waals surface area contributed by atoms with E-state index in [2.05, 4.69) is 39.6 Å². The second-order valence-corrected chi connectivity index (χ2v) is 6.91. The van der Waals surface area contributed by atoms with Gasteiger partial charge in [0.2, 0.25) is 5.95 Å². The molecule has 0 bridgehead atoms. The van der Waals surface area contributed by atoms with Crippen LogP contribution in [-0.2, 0) is 4.74 Å². The fraction of sp³-hybridized carbons (Fsp3) is 0.722. The molecule has 2 N–H and O–H groups in total. The Hall–Kier alpha value is -2.09. The van der Waals surface area contributed by atoms with Gasteiger partial charge in [0.05, 0.1) is 6.61 Å². The molecule has 26 heavy (non-hydrogen) atoms. The highest BCUT2D eigenvalue weighted by Crippen LogP contribution is 2.17. The minimum atomic E-state index is -0.215. The molecule has 8 heteroatoms. The van der Waals surface area contributed by atoms with Gasteiger partial charge in [-0.3, -0.25) is 0 Å². The van der Waals surface area contributed by atoms with E-state index in [1.807, 2.05) is 19.9 Å². The average Bonchev–Trinajstić information content (AvgIpc) is 2.59. The molecule has 2 heterocycles. The van der Waals surface area contributed by atoms with E-state index >= 15 is 0 Å². The van der Waals surface area contributed by atoms with Crippen LogP contribution < -0.4 is 10.6 Å². The van der Waals surface area contributed by atoms with Gasteiger partial charge < -0.3 is 25.2 Å². The lowest BCUT2D eigenvalue weighted by Crippen LogP contribution is -2.42. The van der Waals surface area contributed by atoms with Crippen molar-refractivity contribution in [3.63, 3.8) is 0 Å². The van der Waals surface area contributed by atoms with E-state index in [4.69, 9.17) is 4.74 Å². The van der Waals surface area contributed by atoms with Crippen molar-refractivity contribution < 1.29 is 9.53 Å². The molecule has 0 saturated carbocycles. The maximum absolute atomic E-state index is 11.8. The van der Waals surface area contributed by atoms with Gasteiger partial charge in [-0.05, 0) is 53.8 Å². The zero-order valence-electron chi connectivity index (χ0n) is 16.4. The molecular weight excluding hydrogens is 332 g/mol. The Morgan fingerprint density at radius 3 is 2.73 bits per heavy atom. The van der Waals surface area contributed by atoms with Gasteiger partial charge in [-0.25, -0.2) is 9.78 Å². The molecule has 1 aliphatic heterocycles. The standard InChI is InChI=1S/C18H32N6O2/c1-5-26-18(25)24-11-7-15(8-12-24)21-16-13-14(2)20-17(22-16)19-9-6-10-23(3)4/h13,15H,5-12H2,1-4H3,(H2,19,20,21,22). The van der Waals surface area contributed by atoms with Crippen molar-refractivity contribution in [2.75, 3.05) is 57.5 Å². The number of aromatic nitrogens is 2. The van der Waals surface area contributed by atoms with Crippen LogP contribution in [0.4, 0.5) is 16.6 Å². The van der Waals surface area contributed by atoms with E-state index in [-0.39, 0.29) is 6.09 Å². The normalized spacial score (nSPS) is 15.2. The zero-order valence-corrected chi connectivity index (χ0v) is 16.4. The first kappa shape index (κ1) is 20.2. The van der Waals surface area contributed by atoms with Crippen molar-refractivity contribution in [3.05, 3.63) is 11.8 Å². The number of hydrogen-bond acceptors (Lipinski definition) is 7. The number of nitrogens with one attached hydrogen (secondary N) is 2. The molecule has 2 rings (SSSR count). The topological polar surface area (TPSA) is 82.6 Å². The van der Waals surface area contributed by atoms with Gasteiger partial charge in [0.1, 0.15) is 5.82 Å². The van der Waals surface area contributed by atoms with E-state index in [0.29, 0.717) is 31.7 Å². The van der Waals surface area contributed by atoms with Crippen molar-refractivity contribution in [2.24, 2.45) is 0 Å². The quantitative estimate of drug-likeness (QED) is 0.684. The van der Waals surface area contributed by atoms with Crippen LogP contribution >= 0.6 is 0 Å². The monoisotopic (exact) mass is 364 g/mol. The predicted octanol–water partition coefficient (Wildman–Crippen LogP) is 2.18. The van der Waals surface area contributed by atoms with Crippen molar-refractivity contribution in [3.8, 4) is 0 Å². The van der Waals surface area contributed by atoms with Crippen LogP contribution in [0.3, 0.4) is 0 Å². The molecule has 146 valence electrons. The lowest BCUT2D eigenvalue weighted by atomic mass is 10.1. The van der Waals surface area contributed by atoms with Crippen LogP contribution in [-0.4, -0.2) is 78.8 Å². The minimum Gasteiger partial charge on any atom is -0.450 e. The SMILES string of the molecule is CCOC(=O)N1CCC(Nc2cc(C)nc(NCCCN(C)C)n2)CC1. The molecule has 0 aliphatic carbocycles. The molecular formula is C18H32N6O2. The Morgan fingerprint density at radius 2 is 2.08 bits per heavy atom. The minimum absolute atomic E-state index is 0.215. The highest BCUT2D eigenvalue weighted by atomic mass is 16.6. The molecule has 1 saturated heterocycles. The van der Waals surface area contributed by atoms with Gasteiger partial charge >= 0.3 is 6.09 Å². The Morgan fingerprint density at radius 1 is 1.35 bits per heavy atom. The first-order chi connectivity index (χ1) is 12.5. The smallest absolute Gasteiger partial charge is 0.409 e. The van der Waals surface area contributed by atoms with Crippen molar-refractivity contribution in [2.45, 2.75) is 39.2 Å². The van der Waals surface area contributed by atoms with E-state index in [1.165, 1.54) is 0 Å². The second-order valence-electron chi connectivity index (χ2n) is 6.91. The largest absolute Gasteiger partial charge is 0.450 e. The van der Waals surface area contributed by atoms with Crippen LogP contribution in [0.5, 0.6) is 0 Å². The highest BCUT2D eigenvalue weighted by Gasteiger charge is 2.23. The fourth-order valence-electron chi connectivity index (χ4n) is 2.95. The number of ether oxygens (including phenoxy) is 1. The summed E-state index contributed by atoms with van der Waals surface area (Å²) in [7, 11) is 4.14. The summed E-state index contributed by atoms with van der Waals surface area (Å²) in [6.45, 7) is 7.51. The molecule has 1 aromatic heterocycles. The number of amides is 1. The Labute approximate surface area is 156 Å². The molecule has 0 spiro atoms. The summed E-state index contributed by atoms with van der Waals surface area (Å²) in [6.07, 6.45) is 2.59. The molecule has 0 radical (unpaired) electrons. The first-order valence-electron chi connectivity index (χ1n) is 9.40. The average molecular weight is 364 g/mol. The molecule has 8 nitrogen and oxygen atoms in total. The number of anilines is 2.